The van der Waals surface area contributed by atoms with E-state index in [-0.39, 0.29) is 6.04 Å². The summed E-state index contributed by atoms with van der Waals surface area (Å²) in [5.41, 5.74) is 8.61. The van der Waals surface area contributed by atoms with Crippen molar-refractivity contribution >= 4 is 11.0 Å². The molecule has 1 aliphatic rings. The summed E-state index contributed by atoms with van der Waals surface area (Å²) >= 11 is 0. The number of benzene rings is 1. The zero-order valence-electron chi connectivity index (χ0n) is 12.4. The van der Waals surface area contributed by atoms with Crippen LogP contribution in [0.4, 0.5) is 0 Å². The molecule has 1 atom stereocenters. The molecule has 2 heteroatoms. The lowest BCUT2D eigenvalue weighted by molar-refractivity contribution is 0.364. The second kappa shape index (κ2) is 6.01. The molecular formula is C18H25NO. The van der Waals surface area contributed by atoms with Gasteiger partial charge in [0, 0.05) is 5.39 Å². The summed E-state index contributed by atoms with van der Waals surface area (Å²) in [6.45, 7) is 2.11. The summed E-state index contributed by atoms with van der Waals surface area (Å²) in [5, 5.41) is 1.18. The molecule has 108 valence electrons. The van der Waals surface area contributed by atoms with Gasteiger partial charge < -0.3 is 10.2 Å². The lowest BCUT2D eigenvalue weighted by Gasteiger charge is -2.17. The molecule has 1 heterocycles. The Labute approximate surface area is 121 Å². The van der Waals surface area contributed by atoms with E-state index < -0.39 is 0 Å². The number of fused-ring (bicyclic) bond motifs is 1. The van der Waals surface area contributed by atoms with E-state index in [1.807, 2.05) is 6.07 Å². The summed E-state index contributed by atoms with van der Waals surface area (Å²) in [5.74, 6) is 1.73. The van der Waals surface area contributed by atoms with Gasteiger partial charge in [0.2, 0.25) is 0 Å². The average molecular weight is 271 g/mol. The second-order valence-corrected chi connectivity index (χ2v) is 6.39. The Kier molecular flexibility index (Phi) is 4.11. The fourth-order valence-electron chi connectivity index (χ4n) is 3.44. The third-order valence-electron chi connectivity index (χ3n) is 4.62. The van der Waals surface area contributed by atoms with Gasteiger partial charge in [-0.05, 0) is 37.5 Å². The van der Waals surface area contributed by atoms with Crippen LogP contribution in [0.1, 0.15) is 62.3 Å². The Hall–Kier alpha value is -1.28. The van der Waals surface area contributed by atoms with Gasteiger partial charge in [-0.1, -0.05) is 50.2 Å². The van der Waals surface area contributed by atoms with Gasteiger partial charge in [0.15, 0.2) is 0 Å². The monoisotopic (exact) mass is 271 g/mol. The molecule has 1 aromatic heterocycles. The largest absolute Gasteiger partial charge is 0.459 e. The highest BCUT2D eigenvalue weighted by Crippen LogP contribution is 2.32. The molecule has 1 fully saturated rings. The van der Waals surface area contributed by atoms with Crippen molar-refractivity contribution in [2.24, 2.45) is 11.7 Å². The zero-order chi connectivity index (χ0) is 13.9. The maximum Gasteiger partial charge on any atom is 0.134 e. The van der Waals surface area contributed by atoms with E-state index >= 15 is 0 Å². The molecule has 3 rings (SSSR count). The van der Waals surface area contributed by atoms with Crippen molar-refractivity contribution in [1.29, 1.82) is 0 Å². The first kappa shape index (κ1) is 13.7. The van der Waals surface area contributed by atoms with E-state index in [1.54, 1.807) is 0 Å². The summed E-state index contributed by atoms with van der Waals surface area (Å²) in [6.07, 6.45) is 9.29. The first-order chi connectivity index (χ1) is 9.72. The van der Waals surface area contributed by atoms with Crippen molar-refractivity contribution in [2.75, 3.05) is 0 Å². The quantitative estimate of drug-likeness (QED) is 0.789. The van der Waals surface area contributed by atoms with Crippen LogP contribution in [0, 0.1) is 12.8 Å². The molecule has 0 amide bonds. The number of rotatable bonds is 3. The van der Waals surface area contributed by atoms with Gasteiger partial charge >= 0.3 is 0 Å². The van der Waals surface area contributed by atoms with Gasteiger partial charge in [-0.25, -0.2) is 0 Å². The second-order valence-electron chi connectivity index (χ2n) is 6.39. The minimum Gasteiger partial charge on any atom is -0.459 e. The Morgan fingerprint density at radius 2 is 1.90 bits per heavy atom. The SMILES string of the molecule is Cc1ccc2oc(C(N)CC3CCCCCC3)cc2c1. The molecule has 2 aromatic rings. The van der Waals surface area contributed by atoms with E-state index in [4.69, 9.17) is 10.2 Å². The van der Waals surface area contributed by atoms with E-state index in [0.717, 1.165) is 23.7 Å². The smallest absolute Gasteiger partial charge is 0.134 e. The van der Waals surface area contributed by atoms with E-state index in [0.29, 0.717) is 0 Å². The fourth-order valence-corrected chi connectivity index (χ4v) is 3.44. The molecule has 1 aliphatic carbocycles. The Balaban J connectivity index is 1.72. The predicted octanol–water partition coefficient (Wildman–Crippen LogP) is 5.10. The number of hydrogen-bond donors (Lipinski definition) is 1. The van der Waals surface area contributed by atoms with Crippen LogP contribution in [-0.4, -0.2) is 0 Å². The molecule has 0 saturated heterocycles. The van der Waals surface area contributed by atoms with Crippen LogP contribution in [-0.2, 0) is 0 Å². The maximum absolute atomic E-state index is 6.39. The highest BCUT2D eigenvalue weighted by atomic mass is 16.3. The number of furan rings is 1. The summed E-state index contributed by atoms with van der Waals surface area (Å²) in [7, 11) is 0. The van der Waals surface area contributed by atoms with Crippen molar-refractivity contribution in [2.45, 2.75) is 57.9 Å². The minimum absolute atomic E-state index is 0.0470. The van der Waals surface area contributed by atoms with Crippen LogP contribution in [0.25, 0.3) is 11.0 Å². The normalized spacial score (nSPS) is 19.1. The standard InChI is InChI=1S/C18H25NO/c1-13-8-9-17-15(10-13)12-18(20-17)16(19)11-14-6-4-2-3-5-7-14/h8-10,12,14,16H,2-7,11,19H2,1H3. The lowest BCUT2D eigenvalue weighted by Crippen LogP contribution is -2.14. The minimum atomic E-state index is 0.0470. The van der Waals surface area contributed by atoms with Crippen molar-refractivity contribution < 1.29 is 4.42 Å². The number of aryl methyl sites for hydroxylation is 1. The van der Waals surface area contributed by atoms with E-state index in [9.17, 15) is 0 Å². The number of nitrogens with two attached hydrogens (primary N) is 1. The summed E-state index contributed by atoms with van der Waals surface area (Å²) in [6, 6.07) is 8.48. The first-order valence-corrected chi connectivity index (χ1v) is 7.98. The van der Waals surface area contributed by atoms with Gasteiger partial charge in [-0.3, -0.25) is 0 Å². The van der Waals surface area contributed by atoms with Gasteiger partial charge in [0.25, 0.3) is 0 Å². The van der Waals surface area contributed by atoms with Gasteiger partial charge in [0.1, 0.15) is 11.3 Å². The molecule has 0 bridgehead atoms. The Morgan fingerprint density at radius 3 is 2.65 bits per heavy atom. The molecule has 0 aliphatic heterocycles. The predicted molar refractivity (Wildman–Crippen MR) is 83.7 cm³/mol. The molecule has 1 unspecified atom stereocenters. The molecule has 2 N–H and O–H groups in total. The third-order valence-corrected chi connectivity index (χ3v) is 4.62. The highest BCUT2D eigenvalue weighted by molar-refractivity contribution is 5.78. The van der Waals surface area contributed by atoms with E-state index in [2.05, 4.69) is 25.1 Å². The molecule has 20 heavy (non-hydrogen) atoms. The molecular weight excluding hydrogens is 246 g/mol. The van der Waals surface area contributed by atoms with Crippen molar-refractivity contribution in [3.05, 3.63) is 35.6 Å². The molecule has 0 radical (unpaired) electrons. The average Bonchev–Trinajstić information content (AvgIpc) is 2.68. The fraction of sp³-hybridized carbons (Fsp3) is 0.556. The Morgan fingerprint density at radius 1 is 1.15 bits per heavy atom. The lowest BCUT2D eigenvalue weighted by atomic mass is 9.92. The van der Waals surface area contributed by atoms with Gasteiger partial charge in [-0.15, -0.1) is 0 Å². The molecule has 1 saturated carbocycles. The van der Waals surface area contributed by atoms with Crippen LogP contribution in [0.2, 0.25) is 0 Å². The highest BCUT2D eigenvalue weighted by Gasteiger charge is 2.19. The first-order valence-electron chi connectivity index (χ1n) is 7.98. The van der Waals surface area contributed by atoms with Crippen molar-refractivity contribution in [3.63, 3.8) is 0 Å². The van der Waals surface area contributed by atoms with Crippen LogP contribution >= 0.6 is 0 Å². The Bertz CT molecular complexity index is 564. The molecule has 1 aromatic carbocycles. The third kappa shape index (κ3) is 3.06. The van der Waals surface area contributed by atoms with Gasteiger partial charge in [-0.2, -0.15) is 0 Å². The molecule has 0 spiro atoms. The van der Waals surface area contributed by atoms with Crippen LogP contribution < -0.4 is 5.73 Å². The molecule has 2 nitrogen and oxygen atoms in total. The summed E-state index contributed by atoms with van der Waals surface area (Å²) < 4.78 is 5.93. The number of hydrogen-bond acceptors (Lipinski definition) is 2. The topological polar surface area (TPSA) is 39.2 Å². The maximum atomic E-state index is 6.39. The summed E-state index contributed by atoms with van der Waals surface area (Å²) in [4.78, 5) is 0. The van der Waals surface area contributed by atoms with Crippen molar-refractivity contribution in [3.8, 4) is 0 Å². The van der Waals surface area contributed by atoms with Gasteiger partial charge in [0.05, 0.1) is 6.04 Å². The van der Waals surface area contributed by atoms with Crippen molar-refractivity contribution in [1.82, 2.24) is 0 Å². The van der Waals surface area contributed by atoms with E-state index in [1.165, 1.54) is 49.5 Å². The van der Waals surface area contributed by atoms with Crippen LogP contribution in [0.3, 0.4) is 0 Å². The zero-order valence-corrected chi connectivity index (χ0v) is 12.4. The van der Waals surface area contributed by atoms with Crippen LogP contribution in [0.15, 0.2) is 28.7 Å². The van der Waals surface area contributed by atoms with Crippen LogP contribution in [0.5, 0.6) is 0 Å².